The molecule has 0 fully saturated rings. The van der Waals surface area contributed by atoms with Gasteiger partial charge >= 0.3 is 0 Å². The number of fused-ring (bicyclic) bond motifs is 3. The summed E-state index contributed by atoms with van der Waals surface area (Å²) < 4.78 is 0. The van der Waals surface area contributed by atoms with Crippen LogP contribution in [0.15, 0.2) is 66.7 Å². The van der Waals surface area contributed by atoms with E-state index in [1.54, 1.807) is 24.3 Å². The first-order valence-electron chi connectivity index (χ1n) is 7.07. The van der Waals surface area contributed by atoms with E-state index in [0.29, 0.717) is 11.1 Å². The summed E-state index contributed by atoms with van der Waals surface area (Å²) in [6, 6.07) is 20.3. The van der Waals surface area contributed by atoms with Crippen molar-refractivity contribution in [2.75, 3.05) is 0 Å². The van der Waals surface area contributed by atoms with Gasteiger partial charge < -0.3 is 10.1 Å². The lowest BCUT2D eigenvalue weighted by Crippen LogP contribution is -2.01. The number of carbonyl (C=O) groups excluding carboxylic acids is 1. The van der Waals surface area contributed by atoms with Gasteiger partial charge in [-0.2, -0.15) is 0 Å². The molecule has 0 atom stereocenters. The smallest absolute Gasteiger partial charge is 0.196 e. The highest BCUT2D eigenvalue weighted by Crippen LogP contribution is 2.31. The molecule has 0 aliphatic heterocycles. The first-order valence-corrected chi connectivity index (χ1v) is 7.07. The van der Waals surface area contributed by atoms with Crippen LogP contribution < -0.4 is 0 Å². The van der Waals surface area contributed by atoms with Crippen molar-refractivity contribution in [1.82, 2.24) is 4.98 Å². The van der Waals surface area contributed by atoms with Crippen LogP contribution in [0.3, 0.4) is 0 Å². The van der Waals surface area contributed by atoms with Gasteiger partial charge in [-0.05, 0) is 12.1 Å². The lowest BCUT2D eigenvalue weighted by atomic mass is 10.00. The molecule has 0 bridgehead atoms. The van der Waals surface area contributed by atoms with E-state index in [2.05, 4.69) is 4.98 Å². The Hall–Kier alpha value is -3.07. The summed E-state index contributed by atoms with van der Waals surface area (Å²) >= 11 is 0. The third-order valence-corrected chi connectivity index (χ3v) is 3.90. The van der Waals surface area contributed by atoms with E-state index in [-0.39, 0.29) is 11.5 Å². The second-order valence-corrected chi connectivity index (χ2v) is 5.28. The van der Waals surface area contributed by atoms with Crippen molar-refractivity contribution in [3.8, 4) is 5.75 Å². The number of para-hydroxylation sites is 1. The minimum atomic E-state index is -0.176. The average molecular weight is 287 g/mol. The number of H-pyrrole nitrogens is 1. The molecule has 4 rings (SSSR count). The summed E-state index contributed by atoms with van der Waals surface area (Å²) in [5, 5.41) is 12.2. The van der Waals surface area contributed by atoms with Crippen LogP contribution in [0.1, 0.15) is 15.9 Å². The Kier molecular flexibility index (Phi) is 2.73. The largest absolute Gasteiger partial charge is 0.507 e. The minimum Gasteiger partial charge on any atom is -0.507 e. The molecule has 0 aliphatic rings. The van der Waals surface area contributed by atoms with Crippen molar-refractivity contribution in [2.24, 2.45) is 0 Å². The van der Waals surface area contributed by atoms with Crippen LogP contribution in [-0.2, 0) is 0 Å². The SMILES string of the molecule is O=C(c1ccccc1)c1cc2c(cc1O)[nH]c1ccccc12. The van der Waals surface area contributed by atoms with E-state index in [1.165, 1.54) is 0 Å². The number of benzene rings is 3. The van der Waals surface area contributed by atoms with Crippen LogP contribution in [0.5, 0.6) is 5.75 Å². The number of rotatable bonds is 2. The van der Waals surface area contributed by atoms with Gasteiger partial charge in [-0.3, -0.25) is 4.79 Å². The highest BCUT2D eigenvalue weighted by atomic mass is 16.3. The number of hydrogen-bond acceptors (Lipinski definition) is 2. The van der Waals surface area contributed by atoms with Crippen molar-refractivity contribution in [1.29, 1.82) is 0 Å². The summed E-state index contributed by atoms with van der Waals surface area (Å²) in [7, 11) is 0. The molecule has 0 saturated heterocycles. The Morgan fingerprint density at radius 1 is 0.818 bits per heavy atom. The number of nitrogens with one attached hydrogen (secondary N) is 1. The van der Waals surface area contributed by atoms with Crippen LogP contribution in [0.25, 0.3) is 21.8 Å². The van der Waals surface area contributed by atoms with Gasteiger partial charge in [-0.1, -0.05) is 48.5 Å². The van der Waals surface area contributed by atoms with Crippen LogP contribution in [-0.4, -0.2) is 15.9 Å². The predicted molar refractivity (Wildman–Crippen MR) is 87.3 cm³/mol. The molecular weight excluding hydrogens is 274 g/mol. The molecule has 22 heavy (non-hydrogen) atoms. The monoisotopic (exact) mass is 287 g/mol. The Bertz CT molecular complexity index is 1000. The zero-order valence-corrected chi connectivity index (χ0v) is 11.7. The van der Waals surface area contributed by atoms with Gasteiger partial charge in [0.2, 0.25) is 0 Å². The summed E-state index contributed by atoms with van der Waals surface area (Å²) in [5.74, 6) is -0.182. The first kappa shape index (κ1) is 12.7. The molecule has 1 heterocycles. The maximum atomic E-state index is 12.6. The Balaban J connectivity index is 1.96. The van der Waals surface area contributed by atoms with E-state index < -0.39 is 0 Å². The summed E-state index contributed by atoms with van der Waals surface area (Å²) in [6.45, 7) is 0. The zero-order valence-electron chi connectivity index (χ0n) is 11.7. The fourth-order valence-electron chi connectivity index (χ4n) is 2.81. The van der Waals surface area contributed by atoms with Crippen LogP contribution >= 0.6 is 0 Å². The second kappa shape index (κ2) is 4.74. The minimum absolute atomic E-state index is 0.00657. The first-order chi connectivity index (χ1) is 10.7. The zero-order chi connectivity index (χ0) is 15.1. The van der Waals surface area contributed by atoms with E-state index in [0.717, 1.165) is 21.8 Å². The quantitative estimate of drug-likeness (QED) is 0.541. The van der Waals surface area contributed by atoms with Crippen LogP contribution in [0, 0.1) is 0 Å². The van der Waals surface area contributed by atoms with Gasteiger partial charge in [-0.15, -0.1) is 0 Å². The fraction of sp³-hybridized carbons (Fsp3) is 0. The molecule has 0 unspecified atom stereocenters. The normalized spacial score (nSPS) is 11.1. The molecule has 3 aromatic carbocycles. The number of phenols is 1. The molecule has 0 amide bonds. The third-order valence-electron chi connectivity index (χ3n) is 3.90. The number of phenolic OH excluding ortho intramolecular Hbond substituents is 1. The van der Waals surface area contributed by atoms with Gasteiger partial charge in [0.15, 0.2) is 5.78 Å². The number of aromatic hydroxyl groups is 1. The Morgan fingerprint density at radius 3 is 2.36 bits per heavy atom. The third kappa shape index (κ3) is 1.87. The van der Waals surface area contributed by atoms with Crippen molar-refractivity contribution in [3.63, 3.8) is 0 Å². The average Bonchev–Trinajstić information content (AvgIpc) is 2.91. The molecule has 0 spiro atoms. The Labute approximate surface area is 126 Å². The van der Waals surface area contributed by atoms with Gasteiger partial charge in [0.25, 0.3) is 0 Å². The fourth-order valence-corrected chi connectivity index (χ4v) is 2.81. The standard InChI is InChI=1S/C19H13NO2/c21-18-11-17-14(13-8-4-5-9-16(13)20-17)10-15(18)19(22)12-6-2-1-3-7-12/h1-11,20-21H. The maximum absolute atomic E-state index is 12.6. The van der Waals surface area contributed by atoms with Crippen LogP contribution in [0.2, 0.25) is 0 Å². The lowest BCUT2D eigenvalue weighted by Gasteiger charge is -2.05. The molecule has 0 aliphatic carbocycles. The molecule has 106 valence electrons. The van der Waals surface area contributed by atoms with Gasteiger partial charge in [-0.25, -0.2) is 0 Å². The van der Waals surface area contributed by atoms with E-state index in [4.69, 9.17) is 0 Å². The highest BCUT2D eigenvalue weighted by molar-refractivity contribution is 6.15. The lowest BCUT2D eigenvalue weighted by molar-refractivity contribution is 0.103. The number of aromatic amines is 1. The van der Waals surface area contributed by atoms with Crippen molar-refractivity contribution in [2.45, 2.75) is 0 Å². The number of aromatic nitrogens is 1. The molecule has 0 radical (unpaired) electrons. The van der Waals surface area contributed by atoms with E-state index in [1.807, 2.05) is 42.5 Å². The van der Waals surface area contributed by atoms with Crippen molar-refractivity contribution in [3.05, 3.63) is 77.9 Å². The molecule has 2 N–H and O–H groups in total. The molecule has 4 aromatic rings. The maximum Gasteiger partial charge on any atom is 0.196 e. The number of ketones is 1. The van der Waals surface area contributed by atoms with Crippen molar-refractivity contribution < 1.29 is 9.90 Å². The van der Waals surface area contributed by atoms with Gasteiger partial charge in [0.05, 0.1) is 11.1 Å². The molecule has 1 aromatic heterocycles. The molecule has 0 saturated carbocycles. The van der Waals surface area contributed by atoms with E-state index in [9.17, 15) is 9.90 Å². The topological polar surface area (TPSA) is 53.1 Å². The van der Waals surface area contributed by atoms with Gasteiger partial charge in [0, 0.05) is 27.9 Å². The van der Waals surface area contributed by atoms with Crippen LogP contribution in [0.4, 0.5) is 0 Å². The summed E-state index contributed by atoms with van der Waals surface area (Å²) in [6.07, 6.45) is 0. The molecule has 3 heteroatoms. The molecule has 3 nitrogen and oxygen atoms in total. The van der Waals surface area contributed by atoms with Gasteiger partial charge in [0.1, 0.15) is 5.75 Å². The number of carbonyl (C=O) groups is 1. The predicted octanol–water partition coefficient (Wildman–Crippen LogP) is 4.26. The highest BCUT2D eigenvalue weighted by Gasteiger charge is 2.16. The van der Waals surface area contributed by atoms with Crippen molar-refractivity contribution >= 4 is 27.6 Å². The van der Waals surface area contributed by atoms with E-state index >= 15 is 0 Å². The summed E-state index contributed by atoms with van der Waals surface area (Å²) in [5.41, 5.74) is 2.70. The second-order valence-electron chi connectivity index (χ2n) is 5.28. The molecular formula is C19H13NO2. The summed E-state index contributed by atoms with van der Waals surface area (Å²) in [4.78, 5) is 15.9. The number of hydrogen-bond donors (Lipinski definition) is 2. The Morgan fingerprint density at radius 2 is 1.55 bits per heavy atom.